The molecule has 3 aromatic carbocycles. The topological polar surface area (TPSA) is 83.1 Å². The van der Waals surface area contributed by atoms with Crippen LogP contribution in [0.3, 0.4) is 0 Å². The molecule has 0 spiro atoms. The van der Waals surface area contributed by atoms with Gasteiger partial charge in [0, 0.05) is 36.9 Å². The van der Waals surface area contributed by atoms with Crippen molar-refractivity contribution in [2.75, 3.05) is 0 Å². The van der Waals surface area contributed by atoms with Gasteiger partial charge in [0.15, 0.2) is 0 Å². The van der Waals surface area contributed by atoms with Gasteiger partial charge in [-0.2, -0.15) is 4.68 Å². The van der Waals surface area contributed by atoms with E-state index in [1.54, 1.807) is 19.2 Å². The molecule has 0 unspecified atom stereocenters. The summed E-state index contributed by atoms with van der Waals surface area (Å²) in [5, 5.41) is 0.700. The lowest BCUT2D eigenvalue weighted by atomic mass is 10.1. The number of aromatic nitrogens is 3. The number of hydrogen-bond donors (Lipinski definition) is 0. The first-order valence-corrected chi connectivity index (χ1v) is 13.0. The molecular weight excluding hydrogens is 490 g/mol. The van der Waals surface area contributed by atoms with Crippen molar-refractivity contribution in [1.29, 1.82) is 0 Å². The van der Waals surface area contributed by atoms with Gasteiger partial charge in [-0.15, -0.1) is 0 Å². The second kappa shape index (κ2) is 10.9. The summed E-state index contributed by atoms with van der Waals surface area (Å²) in [5.41, 5.74) is 3.18. The van der Waals surface area contributed by atoms with Crippen LogP contribution in [0.15, 0.2) is 95.9 Å². The fourth-order valence-electron chi connectivity index (χ4n) is 5.08. The van der Waals surface area contributed by atoms with Gasteiger partial charge in [-0.3, -0.25) is 23.7 Å². The summed E-state index contributed by atoms with van der Waals surface area (Å²) in [5.74, 6) is -1.00. The zero-order chi connectivity index (χ0) is 27.5. The van der Waals surface area contributed by atoms with Gasteiger partial charge in [-0.1, -0.05) is 78.9 Å². The summed E-state index contributed by atoms with van der Waals surface area (Å²) in [7, 11) is 0. The standard InChI is InChI=1S/C32H29N3O4/c1-22-31(27-21-33(23(2)36)28-16-10-9-15-26(27)28)32(39)35(30(38)20-18-25-13-7-4-8-14-25)34(22)29(37)19-17-24-11-5-3-6-12-24/h3-16,21H,17-20H2,1-2H3. The molecule has 196 valence electrons. The maximum Gasteiger partial charge on any atom is 0.282 e. The van der Waals surface area contributed by atoms with E-state index in [1.165, 1.54) is 16.2 Å². The van der Waals surface area contributed by atoms with E-state index < -0.39 is 11.5 Å². The van der Waals surface area contributed by atoms with Crippen molar-refractivity contribution in [2.24, 2.45) is 0 Å². The quantitative estimate of drug-likeness (QED) is 0.273. The average molecular weight is 520 g/mol. The van der Waals surface area contributed by atoms with Gasteiger partial charge in [0.1, 0.15) is 0 Å². The van der Waals surface area contributed by atoms with Crippen LogP contribution in [0.4, 0.5) is 0 Å². The van der Waals surface area contributed by atoms with Crippen LogP contribution >= 0.6 is 0 Å². The molecule has 39 heavy (non-hydrogen) atoms. The Morgan fingerprint density at radius 2 is 1.21 bits per heavy atom. The van der Waals surface area contributed by atoms with Crippen molar-refractivity contribution in [3.63, 3.8) is 0 Å². The maximum absolute atomic E-state index is 13.9. The first-order chi connectivity index (χ1) is 18.9. The van der Waals surface area contributed by atoms with Crippen LogP contribution in [-0.2, 0) is 12.8 Å². The summed E-state index contributed by atoms with van der Waals surface area (Å²) in [6.07, 6.45) is 2.72. The molecule has 0 aliphatic rings. The summed E-state index contributed by atoms with van der Waals surface area (Å²) in [6, 6.07) is 26.4. The van der Waals surface area contributed by atoms with Crippen molar-refractivity contribution in [2.45, 2.75) is 39.5 Å². The Hall–Kier alpha value is -4.78. The highest BCUT2D eigenvalue weighted by atomic mass is 16.2. The predicted molar refractivity (Wildman–Crippen MR) is 151 cm³/mol. The van der Waals surface area contributed by atoms with Crippen molar-refractivity contribution < 1.29 is 14.4 Å². The van der Waals surface area contributed by atoms with Crippen LogP contribution in [0.5, 0.6) is 0 Å². The second-order valence-corrected chi connectivity index (χ2v) is 9.60. The molecule has 2 aromatic heterocycles. The van der Waals surface area contributed by atoms with Crippen LogP contribution in [0, 0.1) is 6.92 Å². The highest BCUT2D eigenvalue weighted by molar-refractivity contribution is 6.02. The van der Waals surface area contributed by atoms with E-state index in [1.807, 2.05) is 78.9 Å². The van der Waals surface area contributed by atoms with Crippen LogP contribution < -0.4 is 5.56 Å². The molecule has 0 aliphatic carbocycles. The number of hydrogen-bond acceptors (Lipinski definition) is 4. The third kappa shape index (κ3) is 5.03. The smallest absolute Gasteiger partial charge is 0.282 e. The molecule has 0 fully saturated rings. The molecule has 0 saturated carbocycles. The minimum Gasteiger partial charge on any atom is -0.287 e. The Kier molecular flexibility index (Phi) is 7.23. The SMILES string of the molecule is CC(=O)n1cc(-c2c(C)n(C(=O)CCc3ccccc3)n(C(=O)CCc3ccccc3)c2=O)c2ccccc21. The van der Waals surface area contributed by atoms with Gasteiger partial charge in [0.2, 0.25) is 17.7 Å². The number of aryl methyl sites for hydroxylation is 2. The Morgan fingerprint density at radius 3 is 1.77 bits per heavy atom. The average Bonchev–Trinajstić information content (AvgIpc) is 3.46. The van der Waals surface area contributed by atoms with Gasteiger partial charge in [-0.05, 0) is 37.0 Å². The van der Waals surface area contributed by atoms with Gasteiger partial charge in [0.05, 0.1) is 16.8 Å². The van der Waals surface area contributed by atoms with Crippen molar-refractivity contribution >= 4 is 28.6 Å². The molecule has 5 aromatic rings. The third-order valence-corrected chi connectivity index (χ3v) is 7.02. The molecule has 0 bridgehead atoms. The van der Waals surface area contributed by atoms with E-state index in [0.717, 1.165) is 15.8 Å². The van der Waals surface area contributed by atoms with Crippen molar-refractivity contribution in [1.82, 2.24) is 13.9 Å². The lowest BCUT2D eigenvalue weighted by molar-refractivity contribution is 0.0777. The molecule has 0 atom stereocenters. The van der Waals surface area contributed by atoms with Gasteiger partial charge in [0.25, 0.3) is 5.56 Å². The van der Waals surface area contributed by atoms with E-state index >= 15 is 0 Å². The monoisotopic (exact) mass is 519 g/mol. The molecule has 0 aliphatic heterocycles. The molecule has 5 rings (SSSR count). The maximum atomic E-state index is 13.9. The van der Waals surface area contributed by atoms with E-state index in [-0.39, 0.29) is 30.2 Å². The van der Waals surface area contributed by atoms with Crippen LogP contribution in [0.1, 0.15) is 51.0 Å². The Labute approximate surface area is 225 Å². The van der Waals surface area contributed by atoms with Crippen LogP contribution in [-0.4, -0.2) is 31.7 Å². The molecular formula is C32H29N3O4. The molecule has 7 heteroatoms. The number of carbonyl (C=O) groups is 3. The molecule has 0 radical (unpaired) electrons. The fourth-order valence-corrected chi connectivity index (χ4v) is 5.08. The van der Waals surface area contributed by atoms with Gasteiger partial charge < -0.3 is 0 Å². The Balaban J connectivity index is 1.61. The van der Waals surface area contributed by atoms with Crippen LogP contribution in [0.25, 0.3) is 22.0 Å². The third-order valence-electron chi connectivity index (χ3n) is 7.02. The minimum absolute atomic E-state index is 0.0635. The number of benzene rings is 3. The summed E-state index contributed by atoms with van der Waals surface area (Å²) in [6.45, 7) is 3.13. The van der Waals surface area contributed by atoms with Crippen LogP contribution in [0.2, 0.25) is 0 Å². The summed E-state index contributed by atoms with van der Waals surface area (Å²) in [4.78, 5) is 53.5. The van der Waals surface area contributed by atoms with Gasteiger partial charge in [-0.25, -0.2) is 4.68 Å². The Morgan fingerprint density at radius 1 is 0.692 bits per heavy atom. The van der Waals surface area contributed by atoms with E-state index in [9.17, 15) is 19.2 Å². The molecule has 7 nitrogen and oxygen atoms in total. The normalized spacial score (nSPS) is 11.1. The lowest BCUT2D eigenvalue weighted by Gasteiger charge is -2.11. The van der Waals surface area contributed by atoms with Crippen molar-refractivity contribution in [3.8, 4) is 11.1 Å². The molecule has 0 amide bonds. The van der Waals surface area contributed by atoms with E-state index in [4.69, 9.17) is 0 Å². The van der Waals surface area contributed by atoms with E-state index in [2.05, 4.69) is 0 Å². The minimum atomic E-state index is -0.565. The molecule has 2 heterocycles. The van der Waals surface area contributed by atoms with Gasteiger partial charge >= 0.3 is 0 Å². The zero-order valence-electron chi connectivity index (χ0n) is 22.0. The molecule has 0 N–H and O–H groups in total. The fraction of sp³-hybridized carbons (Fsp3) is 0.188. The zero-order valence-corrected chi connectivity index (χ0v) is 22.0. The summed E-state index contributed by atoms with van der Waals surface area (Å²) < 4.78 is 3.70. The summed E-state index contributed by atoms with van der Waals surface area (Å²) >= 11 is 0. The lowest BCUT2D eigenvalue weighted by Crippen LogP contribution is -2.34. The highest BCUT2D eigenvalue weighted by Crippen LogP contribution is 2.31. The van der Waals surface area contributed by atoms with E-state index in [0.29, 0.717) is 35.0 Å². The largest absolute Gasteiger partial charge is 0.287 e. The number of rotatable bonds is 7. The predicted octanol–water partition coefficient (Wildman–Crippen LogP) is 5.79. The Bertz CT molecular complexity index is 1740. The number of carbonyl (C=O) groups excluding carboxylic acids is 3. The van der Waals surface area contributed by atoms with Crippen molar-refractivity contribution in [3.05, 3.63) is 118 Å². The molecule has 0 saturated heterocycles. The second-order valence-electron chi connectivity index (χ2n) is 9.60. The first-order valence-electron chi connectivity index (χ1n) is 13.0. The number of fused-ring (bicyclic) bond motifs is 1. The highest BCUT2D eigenvalue weighted by Gasteiger charge is 2.28. The number of nitrogens with zero attached hydrogens (tertiary/aromatic N) is 3. The number of para-hydroxylation sites is 1. The first kappa shape index (κ1) is 25.9.